The summed E-state index contributed by atoms with van der Waals surface area (Å²) in [4.78, 5) is 14.6. The molecule has 0 saturated carbocycles. The van der Waals surface area contributed by atoms with Crippen molar-refractivity contribution in [2.45, 2.75) is 19.9 Å². The topological polar surface area (TPSA) is 95.8 Å². The molecule has 0 saturated heterocycles. The van der Waals surface area contributed by atoms with Crippen LogP contribution < -0.4 is 20.8 Å². The van der Waals surface area contributed by atoms with Crippen LogP contribution in [0.1, 0.15) is 24.2 Å². The van der Waals surface area contributed by atoms with Crippen LogP contribution >= 0.6 is 0 Å². The highest BCUT2D eigenvalue weighted by Gasteiger charge is 2.18. The highest BCUT2D eigenvalue weighted by atomic mass is 16.5. The van der Waals surface area contributed by atoms with Gasteiger partial charge >= 0.3 is 5.65 Å². The van der Waals surface area contributed by atoms with E-state index in [-0.39, 0.29) is 6.04 Å². The van der Waals surface area contributed by atoms with Crippen LogP contribution in [-0.4, -0.2) is 28.7 Å². The zero-order valence-corrected chi connectivity index (χ0v) is 13.8. The van der Waals surface area contributed by atoms with Gasteiger partial charge in [-0.1, -0.05) is 9.61 Å². The fourth-order valence-corrected chi connectivity index (χ4v) is 2.55. The molecular weight excluding hydrogens is 306 g/mol. The van der Waals surface area contributed by atoms with E-state index in [1.807, 2.05) is 28.9 Å². The third-order valence-corrected chi connectivity index (χ3v) is 3.62. The van der Waals surface area contributed by atoms with Crippen molar-refractivity contribution in [3.63, 3.8) is 0 Å². The van der Waals surface area contributed by atoms with Gasteiger partial charge in [-0.05, 0) is 38.1 Å². The Hall–Kier alpha value is -3.09. The number of aromatic amines is 1. The average molecular weight is 326 g/mol. The number of imidazole rings is 1. The predicted octanol–water partition coefficient (Wildman–Crippen LogP) is 1.74. The van der Waals surface area contributed by atoms with E-state index in [2.05, 4.69) is 29.2 Å². The number of amides is 1. The Bertz CT molecular complexity index is 901. The molecule has 0 unspecified atom stereocenters. The number of fused-ring (bicyclic) bond motifs is 1. The highest BCUT2D eigenvalue weighted by Crippen LogP contribution is 2.27. The van der Waals surface area contributed by atoms with Gasteiger partial charge in [0.1, 0.15) is 11.9 Å². The number of anilines is 1. The summed E-state index contributed by atoms with van der Waals surface area (Å²) in [5.41, 5.74) is 8.29. The summed E-state index contributed by atoms with van der Waals surface area (Å²) in [5.74, 6) is 0.696. The summed E-state index contributed by atoms with van der Waals surface area (Å²) >= 11 is 0. The third kappa shape index (κ3) is 2.88. The SMILES string of the molecule is COc1cc(-c2c[nH+]c3ccc(NC(C)C)nn23)ccc1C(N)=O. The molecule has 124 valence electrons. The number of aromatic nitrogens is 3. The van der Waals surface area contributed by atoms with Gasteiger partial charge < -0.3 is 15.8 Å². The summed E-state index contributed by atoms with van der Waals surface area (Å²) < 4.78 is 7.09. The molecule has 3 aromatic rings. The van der Waals surface area contributed by atoms with Crippen LogP contribution in [0.5, 0.6) is 5.75 Å². The van der Waals surface area contributed by atoms with E-state index in [1.54, 1.807) is 12.1 Å². The van der Waals surface area contributed by atoms with E-state index in [9.17, 15) is 4.79 Å². The van der Waals surface area contributed by atoms with Crippen molar-refractivity contribution in [2.75, 3.05) is 12.4 Å². The summed E-state index contributed by atoms with van der Waals surface area (Å²) in [6, 6.07) is 9.42. The lowest BCUT2D eigenvalue weighted by Gasteiger charge is -2.08. The van der Waals surface area contributed by atoms with Gasteiger partial charge in [0, 0.05) is 17.7 Å². The van der Waals surface area contributed by atoms with Gasteiger partial charge in [-0.3, -0.25) is 4.79 Å². The predicted molar refractivity (Wildman–Crippen MR) is 91.0 cm³/mol. The lowest BCUT2D eigenvalue weighted by molar-refractivity contribution is -0.343. The Kier molecular flexibility index (Phi) is 4.07. The maximum Gasteiger partial charge on any atom is 0.305 e. The quantitative estimate of drug-likeness (QED) is 0.746. The standard InChI is InChI=1S/C17H19N5O2/c1-10(2)20-15-6-7-16-19-9-13(22(16)21-15)11-4-5-12(17(18)23)14(8-11)24-3/h4-10H,1-3H3,(H2,18,23)(H,20,21)/p+1. The molecule has 0 bridgehead atoms. The van der Waals surface area contributed by atoms with E-state index in [1.165, 1.54) is 7.11 Å². The van der Waals surface area contributed by atoms with E-state index in [0.29, 0.717) is 11.3 Å². The van der Waals surface area contributed by atoms with Crippen LogP contribution in [-0.2, 0) is 0 Å². The minimum atomic E-state index is -0.522. The number of hydrogen-bond donors (Lipinski definition) is 2. The number of rotatable bonds is 5. The molecule has 7 heteroatoms. The minimum Gasteiger partial charge on any atom is -0.496 e. The van der Waals surface area contributed by atoms with Gasteiger partial charge in [-0.2, -0.15) is 0 Å². The molecule has 0 spiro atoms. The van der Waals surface area contributed by atoms with E-state index in [0.717, 1.165) is 22.7 Å². The Morgan fingerprint density at radius 2 is 2.12 bits per heavy atom. The monoisotopic (exact) mass is 326 g/mol. The first-order valence-corrected chi connectivity index (χ1v) is 7.65. The maximum absolute atomic E-state index is 11.4. The van der Waals surface area contributed by atoms with Crippen molar-refractivity contribution < 1.29 is 14.5 Å². The molecule has 0 aliphatic heterocycles. The van der Waals surface area contributed by atoms with Gasteiger partial charge in [-0.15, -0.1) is 0 Å². The third-order valence-electron chi connectivity index (χ3n) is 3.62. The second-order valence-electron chi connectivity index (χ2n) is 5.77. The Morgan fingerprint density at radius 3 is 2.79 bits per heavy atom. The molecule has 0 aliphatic carbocycles. The first kappa shape index (κ1) is 15.8. The number of carbonyl (C=O) groups is 1. The molecule has 0 fully saturated rings. The number of nitrogens with one attached hydrogen (secondary N) is 2. The van der Waals surface area contributed by atoms with Gasteiger partial charge in [0.15, 0.2) is 5.82 Å². The number of primary amides is 1. The van der Waals surface area contributed by atoms with Crippen LogP contribution in [0.2, 0.25) is 0 Å². The second-order valence-corrected chi connectivity index (χ2v) is 5.77. The number of H-pyrrole nitrogens is 1. The lowest BCUT2D eigenvalue weighted by Crippen LogP contribution is -2.13. The Balaban J connectivity index is 2.10. The van der Waals surface area contributed by atoms with E-state index >= 15 is 0 Å². The molecule has 2 aromatic heterocycles. The molecular formula is C17H20N5O2+. The number of nitrogens with zero attached hydrogens (tertiary/aromatic N) is 2. The van der Waals surface area contributed by atoms with Gasteiger partial charge in [0.2, 0.25) is 5.69 Å². The summed E-state index contributed by atoms with van der Waals surface area (Å²) in [6.45, 7) is 4.12. The van der Waals surface area contributed by atoms with Crippen LogP contribution in [0, 0.1) is 0 Å². The smallest absolute Gasteiger partial charge is 0.305 e. The van der Waals surface area contributed by atoms with Gasteiger partial charge in [0.05, 0.1) is 12.7 Å². The number of ether oxygens (including phenoxy) is 1. The molecule has 0 aliphatic rings. The van der Waals surface area contributed by atoms with E-state index in [4.69, 9.17) is 10.5 Å². The molecule has 1 aromatic carbocycles. The normalized spacial score (nSPS) is 11.0. The summed E-state index contributed by atoms with van der Waals surface area (Å²) in [7, 11) is 1.51. The molecule has 0 atom stereocenters. The zero-order valence-electron chi connectivity index (χ0n) is 13.8. The largest absolute Gasteiger partial charge is 0.496 e. The maximum atomic E-state index is 11.4. The van der Waals surface area contributed by atoms with Crippen LogP contribution in [0.4, 0.5) is 5.82 Å². The second kappa shape index (κ2) is 6.19. The molecule has 4 N–H and O–H groups in total. The van der Waals surface area contributed by atoms with Gasteiger partial charge in [-0.25, -0.2) is 4.98 Å². The summed E-state index contributed by atoms with van der Waals surface area (Å²) in [5, 5.41) is 7.89. The lowest BCUT2D eigenvalue weighted by atomic mass is 10.1. The van der Waals surface area contributed by atoms with Crippen molar-refractivity contribution in [1.82, 2.24) is 9.61 Å². The number of carbonyl (C=O) groups excluding carboxylic acids is 1. The molecule has 7 nitrogen and oxygen atoms in total. The Morgan fingerprint density at radius 1 is 1.33 bits per heavy atom. The number of methoxy groups -OCH3 is 1. The van der Waals surface area contributed by atoms with Crippen molar-refractivity contribution in [2.24, 2.45) is 5.73 Å². The first-order chi connectivity index (χ1) is 11.5. The molecule has 2 heterocycles. The van der Waals surface area contributed by atoms with E-state index < -0.39 is 5.91 Å². The van der Waals surface area contributed by atoms with Crippen molar-refractivity contribution in [3.05, 3.63) is 42.1 Å². The molecule has 0 radical (unpaired) electrons. The summed E-state index contributed by atoms with van der Waals surface area (Å²) in [6.07, 6.45) is 1.86. The number of hydrogen-bond acceptors (Lipinski definition) is 4. The van der Waals surface area contributed by atoms with Crippen molar-refractivity contribution in [3.8, 4) is 17.0 Å². The highest BCUT2D eigenvalue weighted by molar-refractivity contribution is 5.96. The van der Waals surface area contributed by atoms with Crippen molar-refractivity contribution in [1.29, 1.82) is 0 Å². The molecule has 1 amide bonds. The number of benzene rings is 1. The first-order valence-electron chi connectivity index (χ1n) is 7.65. The zero-order chi connectivity index (χ0) is 17.3. The molecule has 24 heavy (non-hydrogen) atoms. The Labute approximate surface area is 139 Å². The van der Waals surface area contributed by atoms with Gasteiger partial charge in [0.25, 0.3) is 5.91 Å². The molecule has 3 rings (SSSR count). The minimum absolute atomic E-state index is 0.285. The van der Waals surface area contributed by atoms with Crippen LogP contribution in [0.3, 0.4) is 0 Å². The number of nitrogens with two attached hydrogens (primary N) is 1. The fourth-order valence-electron chi connectivity index (χ4n) is 2.55. The average Bonchev–Trinajstić information content (AvgIpc) is 2.96. The van der Waals surface area contributed by atoms with Crippen LogP contribution in [0.15, 0.2) is 36.5 Å². The van der Waals surface area contributed by atoms with Crippen molar-refractivity contribution >= 4 is 17.4 Å². The van der Waals surface area contributed by atoms with Crippen LogP contribution in [0.25, 0.3) is 16.9 Å². The fraction of sp³-hybridized carbons (Fsp3) is 0.235.